The van der Waals surface area contributed by atoms with Gasteiger partial charge in [-0.15, -0.1) is 0 Å². The maximum absolute atomic E-state index is 12.3. The fraction of sp³-hybridized carbons (Fsp3) is 0.462. The van der Waals surface area contributed by atoms with Crippen LogP contribution >= 0.6 is 11.6 Å². The van der Waals surface area contributed by atoms with Crippen LogP contribution in [0.15, 0.2) is 27.8 Å². The van der Waals surface area contributed by atoms with Gasteiger partial charge in [0.2, 0.25) is 0 Å². The Morgan fingerprint density at radius 1 is 1.50 bits per heavy atom. The van der Waals surface area contributed by atoms with E-state index in [1.165, 1.54) is 36.4 Å². The fourth-order valence-electron chi connectivity index (χ4n) is 2.19. The van der Waals surface area contributed by atoms with E-state index >= 15 is 0 Å². The first-order valence-corrected chi connectivity index (χ1v) is 7.00. The molecule has 0 atom stereocenters. The number of nitrogens with zero attached hydrogens (tertiary/aromatic N) is 3. The molecular weight excluding hydrogens is 280 g/mol. The largest absolute Gasteiger partial charge is 0.373 e. The Balaban J connectivity index is 1.77. The average molecular weight is 295 g/mol. The topological polar surface area (TPSA) is 73.0 Å². The average Bonchev–Trinajstić information content (AvgIpc) is 2.89. The highest BCUT2D eigenvalue weighted by molar-refractivity contribution is 6.32. The number of anilines is 1. The Morgan fingerprint density at radius 3 is 3.00 bits per heavy atom. The van der Waals surface area contributed by atoms with E-state index in [9.17, 15) is 4.79 Å². The summed E-state index contributed by atoms with van der Waals surface area (Å²) in [4.78, 5) is 12.3. The van der Waals surface area contributed by atoms with Crippen molar-refractivity contribution in [2.24, 2.45) is 5.92 Å². The lowest BCUT2D eigenvalue weighted by Gasteiger charge is -2.25. The Morgan fingerprint density at radius 2 is 2.35 bits per heavy atom. The standard InChI is InChI=1S/C13H15ClN4O2/c14-11-7-16-18(8-9-2-1-3-9)13(19)12(11)15-6-10-4-5-20-17-10/h4-5,7,9,15H,1-3,6,8H2. The molecule has 0 aliphatic heterocycles. The normalized spacial score (nSPS) is 15.1. The van der Waals surface area contributed by atoms with E-state index in [1.807, 2.05) is 0 Å². The number of aromatic nitrogens is 3. The van der Waals surface area contributed by atoms with Gasteiger partial charge in [0, 0.05) is 12.6 Å². The third-order valence-electron chi connectivity index (χ3n) is 3.59. The molecule has 2 aromatic heterocycles. The molecule has 0 aromatic carbocycles. The van der Waals surface area contributed by atoms with Gasteiger partial charge in [-0.1, -0.05) is 23.2 Å². The van der Waals surface area contributed by atoms with Crippen molar-refractivity contribution in [3.8, 4) is 0 Å². The van der Waals surface area contributed by atoms with Crippen molar-refractivity contribution in [1.82, 2.24) is 14.9 Å². The first-order valence-electron chi connectivity index (χ1n) is 6.63. The van der Waals surface area contributed by atoms with Crippen molar-refractivity contribution in [3.05, 3.63) is 39.6 Å². The molecular formula is C13H15ClN4O2. The third-order valence-corrected chi connectivity index (χ3v) is 3.88. The molecule has 7 heteroatoms. The lowest BCUT2D eigenvalue weighted by atomic mass is 9.85. The Hall–Kier alpha value is -1.82. The van der Waals surface area contributed by atoms with Crippen LogP contribution in [-0.2, 0) is 13.1 Å². The van der Waals surface area contributed by atoms with Crippen LogP contribution < -0.4 is 10.9 Å². The first-order chi connectivity index (χ1) is 9.74. The van der Waals surface area contributed by atoms with Gasteiger partial charge in [0.25, 0.3) is 5.56 Å². The van der Waals surface area contributed by atoms with Crippen LogP contribution in [0.3, 0.4) is 0 Å². The third kappa shape index (κ3) is 2.70. The molecule has 0 bridgehead atoms. The van der Waals surface area contributed by atoms with E-state index in [4.69, 9.17) is 16.1 Å². The summed E-state index contributed by atoms with van der Waals surface area (Å²) in [5.41, 5.74) is 0.889. The quantitative estimate of drug-likeness (QED) is 0.916. The molecule has 0 amide bonds. The van der Waals surface area contributed by atoms with Crippen LogP contribution in [0.25, 0.3) is 0 Å². The Kier molecular flexibility index (Phi) is 3.73. The van der Waals surface area contributed by atoms with Crippen LogP contribution in [0.1, 0.15) is 25.0 Å². The molecule has 2 aromatic rings. The molecule has 106 valence electrons. The minimum Gasteiger partial charge on any atom is -0.373 e. The van der Waals surface area contributed by atoms with Crippen molar-refractivity contribution in [2.45, 2.75) is 32.4 Å². The maximum Gasteiger partial charge on any atom is 0.291 e. The fourth-order valence-corrected chi connectivity index (χ4v) is 2.38. The van der Waals surface area contributed by atoms with Gasteiger partial charge in [0.15, 0.2) is 0 Å². The molecule has 20 heavy (non-hydrogen) atoms. The van der Waals surface area contributed by atoms with Crippen molar-refractivity contribution in [1.29, 1.82) is 0 Å². The van der Waals surface area contributed by atoms with Crippen molar-refractivity contribution in [2.75, 3.05) is 5.32 Å². The van der Waals surface area contributed by atoms with Gasteiger partial charge in [-0.25, -0.2) is 4.68 Å². The van der Waals surface area contributed by atoms with Gasteiger partial charge in [0.1, 0.15) is 17.6 Å². The second-order valence-electron chi connectivity index (χ2n) is 5.00. The Bertz CT molecular complexity index is 634. The number of hydrogen-bond acceptors (Lipinski definition) is 5. The summed E-state index contributed by atoms with van der Waals surface area (Å²) in [5.74, 6) is 0.560. The summed E-state index contributed by atoms with van der Waals surface area (Å²) < 4.78 is 6.23. The number of halogens is 1. The summed E-state index contributed by atoms with van der Waals surface area (Å²) in [6, 6.07) is 1.73. The smallest absolute Gasteiger partial charge is 0.291 e. The van der Waals surface area contributed by atoms with E-state index in [0.717, 1.165) is 0 Å². The van der Waals surface area contributed by atoms with Crippen molar-refractivity contribution >= 4 is 17.3 Å². The van der Waals surface area contributed by atoms with Gasteiger partial charge in [-0.2, -0.15) is 5.10 Å². The molecule has 1 aliphatic carbocycles. The summed E-state index contributed by atoms with van der Waals surface area (Å²) >= 11 is 6.04. The second-order valence-corrected chi connectivity index (χ2v) is 5.40. The molecule has 3 rings (SSSR count). The first kappa shape index (κ1) is 13.2. The molecule has 6 nitrogen and oxygen atoms in total. The van der Waals surface area contributed by atoms with Gasteiger partial charge < -0.3 is 9.84 Å². The van der Waals surface area contributed by atoms with E-state index in [-0.39, 0.29) is 5.56 Å². The zero-order valence-corrected chi connectivity index (χ0v) is 11.6. The SMILES string of the molecule is O=c1c(NCc2ccon2)c(Cl)cnn1CC1CCC1. The van der Waals surface area contributed by atoms with Crippen LogP contribution in [0.5, 0.6) is 0 Å². The number of nitrogens with one attached hydrogen (secondary N) is 1. The number of hydrogen-bond donors (Lipinski definition) is 1. The number of rotatable bonds is 5. The van der Waals surface area contributed by atoms with Gasteiger partial charge in [-0.05, 0) is 18.8 Å². The molecule has 0 radical (unpaired) electrons. The van der Waals surface area contributed by atoms with Crippen LogP contribution in [0.2, 0.25) is 5.02 Å². The summed E-state index contributed by atoms with van der Waals surface area (Å²) in [6.07, 6.45) is 6.56. The van der Waals surface area contributed by atoms with E-state index < -0.39 is 0 Å². The zero-order valence-electron chi connectivity index (χ0n) is 10.9. The van der Waals surface area contributed by atoms with E-state index in [2.05, 4.69) is 15.6 Å². The minimum absolute atomic E-state index is 0.187. The molecule has 2 heterocycles. The molecule has 0 saturated heterocycles. The molecule has 1 fully saturated rings. The molecule has 1 saturated carbocycles. The maximum atomic E-state index is 12.3. The van der Waals surface area contributed by atoms with Gasteiger partial charge >= 0.3 is 0 Å². The lowest BCUT2D eigenvalue weighted by Crippen LogP contribution is -2.30. The van der Waals surface area contributed by atoms with Crippen LogP contribution in [-0.4, -0.2) is 14.9 Å². The highest BCUT2D eigenvalue weighted by atomic mass is 35.5. The monoisotopic (exact) mass is 294 g/mol. The van der Waals surface area contributed by atoms with E-state index in [0.29, 0.717) is 35.4 Å². The highest BCUT2D eigenvalue weighted by Gasteiger charge is 2.20. The minimum atomic E-state index is -0.187. The van der Waals surface area contributed by atoms with Crippen molar-refractivity contribution in [3.63, 3.8) is 0 Å². The van der Waals surface area contributed by atoms with Gasteiger partial charge in [0.05, 0.1) is 17.8 Å². The van der Waals surface area contributed by atoms with E-state index in [1.54, 1.807) is 6.07 Å². The highest BCUT2D eigenvalue weighted by Crippen LogP contribution is 2.27. The Labute approximate surface area is 120 Å². The zero-order chi connectivity index (χ0) is 13.9. The lowest BCUT2D eigenvalue weighted by molar-refractivity contribution is 0.262. The predicted octanol–water partition coefficient (Wildman–Crippen LogP) is 2.30. The summed E-state index contributed by atoms with van der Waals surface area (Å²) in [6.45, 7) is 1.05. The summed E-state index contributed by atoms with van der Waals surface area (Å²) in [5, 5.41) is 11.2. The van der Waals surface area contributed by atoms with Gasteiger partial charge in [-0.3, -0.25) is 4.79 Å². The molecule has 0 spiro atoms. The molecule has 1 aliphatic rings. The molecule has 1 N–H and O–H groups in total. The van der Waals surface area contributed by atoms with Crippen LogP contribution in [0.4, 0.5) is 5.69 Å². The predicted molar refractivity (Wildman–Crippen MR) is 74.7 cm³/mol. The van der Waals surface area contributed by atoms with Crippen LogP contribution in [0, 0.1) is 5.92 Å². The second kappa shape index (κ2) is 5.66. The molecule has 0 unspecified atom stereocenters. The summed E-state index contributed by atoms with van der Waals surface area (Å²) in [7, 11) is 0. The van der Waals surface area contributed by atoms with Crippen molar-refractivity contribution < 1.29 is 4.52 Å².